The highest BCUT2D eigenvalue weighted by molar-refractivity contribution is 5.82. The van der Waals surface area contributed by atoms with Crippen molar-refractivity contribution in [2.24, 2.45) is 5.92 Å². The van der Waals surface area contributed by atoms with Crippen molar-refractivity contribution in [2.75, 3.05) is 19.6 Å². The molecule has 1 aromatic carbocycles. The molecule has 0 aliphatic carbocycles. The number of piperidine rings is 1. The Morgan fingerprint density at radius 2 is 2.00 bits per heavy atom. The number of hydrogen-bond acceptors (Lipinski definition) is 2. The Morgan fingerprint density at radius 1 is 1.32 bits per heavy atom. The molecule has 1 saturated heterocycles. The number of hydrogen-bond donors (Lipinski definition) is 0. The van der Waals surface area contributed by atoms with Crippen molar-refractivity contribution < 1.29 is 9.18 Å². The van der Waals surface area contributed by atoms with E-state index in [1.807, 2.05) is 0 Å². The minimum Gasteiger partial charge on any atom is -0.298 e. The van der Waals surface area contributed by atoms with E-state index in [4.69, 9.17) is 0 Å². The monoisotopic (exact) mass is 263 g/mol. The van der Waals surface area contributed by atoms with Gasteiger partial charge in [0.05, 0.1) is 6.54 Å². The Labute approximate surface area is 114 Å². The molecule has 1 aliphatic heterocycles. The molecule has 3 heteroatoms. The van der Waals surface area contributed by atoms with Gasteiger partial charge in [0.15, 0.2) is 5.78 Å². The van der Waals surface area contributed by atoms with Crippen molar-refractivity contribution in [1.29, 1.82) is 0 Å². The van der Waals surface area contributed by atoms with Crippen molar-refractivity contribution in [2.45, 2.75) is 32.6 Å². The molecule has 1 heterocycles. The average molecular weight is 263 g/mol. The molecule has 0 atom stereocenters. The van der Waals surface area contributed by atoms with Gasteiger partial charge >= 0.3 is 0 Å². The van der Waals surface area contributed by atoms with E-state index >= 15 is 0 Å². The molecule has 0 saturated carbocycles. The van der Waals surface area contributed by atoms with E-state index in [9.17, 15) is 9.18 Å². The third-order valence-corrected chi connectivity index (χ3v) is 4.03. The molecule has 104 valence electrons. The van der Waals surface area contributed by atoms with Crippen LogP contribution in [0.15, 0.2) is 24.3 Å². The second-order valence-corrected chi connectivity index (χ2v) is 5.43. The zero-order chi connectivity index (χ0) is 13.7. The number of carbonyl (C=O) groups is 1. The van der Waals surface area contributed by atoms with E-state index in [0.29, 0.717) is 12.1 Å². The van der Waals surface area contributed by atoms with Gasteiger partial charge in [-0.3, -0.25) is 9.69 Å². The fourth-order valence-corrected chi connectivity index (χ4v) is 2.71. The summed E-state index contributed by atoms with van der Waals surface area (Å²) in [7, 11) is 0. The second kappa shape index (κ2) is 6.80. The third kappa shape index (κ3) is 4.13. The van der Waals surface area contributed by atoms with Gasteiger partial charge < -0.3 is 0 Å². The molecule has 0 unspecified atom stereocenters. The molecule has 0 N–H and O–H groups in total. The minimum atomic E-state index is -0.277. The lowest BCUT2D eigenvalue weighted by Crippen LogP contribution is -2.37. The lowest BCUT2D eigenvalue weighted by atomic mass is 9.94. The van der Waals surface area contributed by atoms with E-state index in [2.05, 4.69) is 11.8 Å². The first kappa shape index (κ1) is 14.2. The zero-order valence-electron chi connectivity index (χ0n) is 11.6. The van der Waals surface area contributed by atoms with Gasteiger partial charge in [0.2, 0.25) is 0 Å². The molecular weight excluding hydrogens is 241 g/mol. The van der Waals surface area contributed by atoms with Gasteiger partial charge in [0.1, 0.15) is 5.82 Å². The highest BCUT2D eigenvalue weighted by Gasteiger charge is 2.19. The van der Waals surface area contributed by atoms with E-state index in [1.54, 1.807) is 18.2 Å². The van der Waals surface area contributed by atoms with E-state index in [0.717, 1.165) is 19.0 Å². The number of nitrogens with zero attached hydrogens (tertiary/aromatic N) is 1. The first-order valence-corrected chi connectivity index (χ1v) is 7.16. The Bertz CT molecular complexity index is 425. The fraction of sp³-hybridized carbons (Fsp3) is 0.562. The minimum absolute atomic E-state index is 0.111. The van der Waals surface area contributed by atoms with Gasteiger partial charge in [-0.2, -0.15) is 0 Å². The Balaban J connectivity index is 1.81. The van der Waals surface area contributed by atoms with Gasteiger partial charge in [-0.25, -0.2) is 4.39 Å². The van der Waals surface area contributed by atoms with Crippen molar-refractivity contribution in [1.82, 2.24) is 4.90 Å². The molecule has 0 bridgehead atoms. The van der Waals surface area contributed by atoms with Gasteiger partial charge in [-0.1, -0.05) is 31.5 Å². The zero-order valence-corrected chi connectivity index (χ0v) is 11.6. The van der Waals surface area contributed by atoms with E-state index in [1.165, 1.54) is 25.3 Å². The first-order valence-electron chi connectivity index (χ1n) is 7.16. The van der Waals surface area contributed by atoms with Crippen LogP contribution in [-0.4, -0.2) is 30.3 Å². The summed E-state index contributed by atoms with van der Waals surface area (Å²) in [5.74, 6) is 0.651. The summed E-state index contributed by atoms with van der Waals surface area (Å²) in [5.41, 5.74) is 0.510. The molecule has 0 spiro atoms. The number of Topliss-reactive ketones (excluding diaryl/α,β-unsaturated/α-hetero) is 1. The molecule has 0 amide bonds. The third-order valence-electron chi connectivity index (χ3n) is 4.03. The molecule has 0 radical (unpaired) electrons. The Hall–Kier alpha value is -1.22. The molecule has 19 heavy (non-hydrogen) atoms. The summed E-state index contributed by atoms with van der Waals surface area (Å²) in [6.07, 6.45) is 3.81. The number of likely N-dealkylation sites (tertiary alicyclic amines) is 1. The maximum Gasteiger partial charge on any atom is 0.151 e. The van der Waals surface area contributed by atoms with Crippen LogP contribution in [0, 0.1) is 11.7 Å². The van der Waals surface area contributed by atoms with Crippen molar-refractivity contribution in [3.8, 4) is 0 Å². The maximum atomic E-state index is 13.5. The summed E-state index contributed by atoms with van der Waals surface area (Å²) in [6.45, 7) is 4.69. The lowest BCUT2D eigenvalue weighted by Gasteiger charge is -2.30. The van der Waals surface area contributed by atoms with Crippen LogP contribution in [0.3, 0.4) is 0 Å². The van der Waals surface area contributed by atoms with Gasteiger partial charge in [-0.05, 0) is 43.5 Å². The highest BCUT2D eigenvalue weighted by Crippen LogP contribution is 2.19. The number of rotatable bonds is 5. The number of carbonyl (C=O) groups excluding carboxylic acids is 1. The van der Waals surface area contributed by atoms with Gasteiger partial charge in [0, 0.05) is 6.42 Å². The first-order chi connectivity index (χ1) is 9.19. The molecular formula is C16H22FNO. The maximum absolute atomic E-state index is 13.5. The topological polar surface area (TPSA) is 20.3 Å². The fourth-order valence-electron chi connectivity index (χ4n) is 2.71. The van der Waals surface area contributed by atoms with Crippen molar-refractivity contribution in [3.63, 3.8) is 0 Å². The molecule has 2 nitrogen and oxygen atoms in total. The van der Waals surface area contributed by atoms with E-state index < -0.39 is 0 Å². The number of halogens is 1. The van der Waals surface area contributed by atoms with Crippen molar-refractivity contribution >= 4 is 5.78 Å². The van der Waals surface area contributed by atoms with Gasteiger partial charge in [-0.15, -0.1) is 0 Å². The normalized spacial score (nSPS) is 17.6. The summed E-state index contributed by atoms with van der Waals surface area (Å²) < 4.78 is 13.5. The molecule has 1 aliphatic rings. The highest BCUT2D eigenvalue weighted by atomic mass is 19.1. The smallest absolute Gasteiger partial charge is 0.151 e. The van der Waals surface area contributed by atoms with Crippen LogP contribution in [0.5, 0.6) is 0 Å². The molecule has 1 fully saturated rings. The SMILES string of the molecule is CCC1CCN(CC(=O)Cc2ccccc2F)CC1. The molecule has 1 aromatic rings. The largest absolute Gasteiger partial charge is 0.298 e. The molecule has 2 rings (SSSR count). The van der Waals surface area contributed by atoms with Crippen LogP contribution in [0.1, 0.15) is 31.7 Å². The van der Waals surface area contributed by atoms with Crippen LogP contribution >= 0.6 is 0 Å². The van der Waals surface area contributed by atoms with Crippen LogP contribution in [0.4, 0.5) is 4.39 Å². The summed E-state index contributed by atoms with van der Waals surface area (Å²) in [4.78, 5) is 14.2. The average Bonchev–Trinajstić information content (AvgIpc) is 2.42. The Kier molecular flexibility index (Phi) is 5.08. The van der Waals surface area contributed by atoms with Crippen LogP contribution < -0.4 is 0 Å². The predicted octanol–water partition coefficient (Wildman–Crippen LogP) is 3.06. The van der Waals surface area contributed by atoms with Crippen LogP contribution in [0.25, 0.3) is 0 Å². The second-order valence-electron chi connectivity index (χ2n) is 5.43. The quantitative estimate of drug-likeness (QED) is 0.813. The lowest BCUT2D eigenvalue weighted by molar-refractivity contribution is -0.119. The van der Waals surface area contributed by atoms with E-state index in [-0.39, 0.29) is 18.0 Å². The van der Waals surface area contributed by atoms with Crippen LogP contribution in [-0.2, 0) is 11.2 Å². The Morgan fingerprint density at radius 3 is 2.63 bits per heavy atom. The number of benzene rings is 1. The predicted molar refractivity (Wildman–Crippen MR) is 74.6 cm³/mol. The summed E-state index contributed by atoms with van der Waals surface area (Å²) in [6, 6.07) is 6.53. The summed E-state index contributed by atoms with van der Waals surface area (Å²) >= 11 is 0. The molecule has 0 aromatic heterocycles. The standard InChI is InChI=1S/C16H22FNO/c1-2-13-7-9-18(10-8-13)12-15(19)11-14-5-3-4-6-16(14)17/h3-6,13H,2,7-12H2,1H3. The summed E-state index contributed by atoms with van der Waals surface area (Å²) in [5, 5.41) is 0. The van der Waals surface area contributed by atoms with Crippen LogP contribution in [0.2, 0.25) is 0 Å². The number of ketones is 1. The van der Waals surface area contributed by atoms with Gasteiger partial charge in [0.25, 0.3) is 0 Å². The van der Waals surface area contributed by atoms with Crippen molar-refractivity contribution in [3.05, 3.63) is 35.6 Å².